The van der Waals surface area contributed by atoms with Gasteiger partial charge in [0.2, 0.25) is 5.91 Å². The van der Waals surface area contributed by atoms with Crippen molar-refractivity contribution in [2.75, 3.05) is 33.4 Å². The van der Waals surface area contributed by atoms with Crippen LogP contribution >= 0.6 is 0 Å². The molecule has 0 unspecified atom stereocenters. The van der Waals surface area contributed by atoms with Crippen molar-refractivity contribution < 1.29 is 19.7 Å². The van der Waals surface area contributed by atoms with Crippen LogP contribution in [0, 0.1) is 0 Å². The standard InChI is InChI=1S/C20H30N4O4/c1-15(13-28-2)24-17(22-16-5-4-10-21-19(16)24)6-3-7-18(26)23-11-8-20(27,14-25)9-12-23/h4-5,10,15,25,27H,3,6-9,11-14H2,1-2H3/t15-/m0/s1. The van der Waals surface area contributed by atoms with Crippen molar-refractivity contribution in [3.05, 3.63) is 24.2 Å². The Balaban J connectivity index is 1.61. The van der Waals surface area contributed by atoms with Crippen LogP contribution in [0.4, 0.5) is 0 Å². The second-order valence-corrected chi connectivity index (χ2v) is 7.67. The lowest BCUT2D eigenvalue weighted by Gasteiger charge is -2.37. The number of likely N-dealkylation sites (tertiary alicyclic amines) is 1. The minimum absolute atomic E-state index is 0.0886. The molecule has 3 rings (SSSR count). The maximum Gasteiger partial charge on any atom is 0.222 e. The molecule has 0 spiro atoms. The number of aryl methyl sites for hydroxylation is 1. The summed E-state index contributed by atoms with van der Waals surface area (Å²) in [5.74, 6) is 1.00. The van der Waals surface area contributed by atoms with E-state index in [1.54, 1.807) is 18.2 Å². The van der Waals surface area contributed by atoms with E-state index >= 15 is 0 Å². The second kappa shape index (κ2) is 8.98. The SMILES string of the molecule is COC[C@H](C)n1c(CCCC(=O)N2CCC(O)(CO)CC2)nc2cccnc21. The Hall–Kier alpha value is -2.03. The molecule has 1 fully saturated rings. The van der Waals surface area contributed by atoms with Gasteiger partial charge >= 0.3 is 0 Å². The molecule has 1 saturated heterocycles. The van der Waals surface area contributed by atoms with E-state index in [2.05, 4.69) is 16.5 Å². The van der Waals surface area contributed by atoms with Crippen molar-refractivity contribution in [1.29, 1.82) is 0 Å². The van der Waals surface area contributed by atoms with Gasteiger partial charge in [-0.2, -0.15) is 0 Å². The van der Waals surface area contributed by atoms with Crippen molar-refractivity contribution in [1.82, 2.24) is 19.4 Å². The van der Waals surface area contributed by atoms with Crippen molar-refractivity contribution in [3.8, 4) is 0 Å². The van der Waals surface area contributed by atoms with Gasteiger partial charge in [0, 0.05) is 39.2 Å². The Kier molecular flexibility index (Phi) is 6.64. The first-order valence-electron chi connectivity index (χ1n) is 9.89. The third-order valence-electron chi connectivity index (χ3n) is 5.50. The van der Waals surface area contributed by atoms with Gasteiger partial charge in [-0.15, -0.1) is 0 Å². The Morgan fingerprint density at radius 3 is 2.82 bits per heavy atom. The van der Waals surface area contributed by atoms with Crippen molar-refractivity contribution in [2.45, 2.75) is 50.7 Å². The fourth-order valence-corrected chi connectivity index (χ4v) is 3.82. The van der Waals surface area contributed by atoms with Gasteiger partial charge in [-0.05, 0) is 38.3 Å². The number of imidazole rings is 1. The molecule has 2 aromatic rings. The average molecular weight is 390 g/mol. The van der Waals surface area contributed by atoms with Crippen LogP contribution in [0.3, 0.4) is 0 Å². The van der Waals surface area contributed by atoms with E-state index in [1.165, 1.54) is 0 Å². The molecule has 154 valence electrons. The van der Waals surface area contributed by atoms with Crippen LogP contribution in [0.1, 0.15) is 44.5 Å². The molecule has 1 amide bonds. The van der Waals surface area contributed by atoms with Gasteiger partial charge in [0.25, 0.3) is 0 Å². The number of carbonyl (C=O) groups excluding carboxylic acids is 1. The first-order chi connectivity index (χ1) is 13.5. The number of hydrogen-bond donors (Lipinski definition) is 2. The lowest BCUT2D eigenvalue weighted by atomic mass is 9.92. The van der Waals surface area contributed by atoms with Gasteiger partial charge < -0.3 is 24.4 Å². The third-order valence-corrected chi connectivity index (χ3v) is 5.50. The lowest BCUT2D eigenvalue weighted by molar-refractivity contribution is -0.137. The molecule has 1 aliphatic heterocycles. The molecule has 1 atom stereocenters. The number of pyridine rings is 1. The molecule has 2 N–H and O–H groups in total. The number of piperidine rings is 1. The molecule has 8 nitrogen and oxygen atoms in total. The number of nitrogens with zero attached hydrogens (tertiary/aromatic N) is 4. The van der Waals surface area contributed by atoms with Crippen LogP contribution in [0.5, 0.6) is 0 Å². The van der Waals surface area contributed by atoms with Gasteiger partial charge in [-0.3, -0.25) is 4.79 Å². The Labute approximate surface area is 165 Å². The van der Waals surface area contributed by atoms with Crippen LogP contribution < -0.4 is 0 Å². The van der Waals surface area contributed by atoms with Gasteiger partial charge in [0.05, 0.1) is 24.9 Å². The fraction of sp³-hybridized carbons (Fsp3) is 0.650. The normalized spacial score (nSPS) is 17.8. The topological polar surface area (TPSA) is 101 Å². The summed E-state index contributed by atoms with van der Waals surface area (Å²) in [5, 5.41) is 19.3. The van der Waals surface area contributed by atoms with E-state index in [-0.39, 0.29) is 18.6 Å². The number of aliphatic hydroxyl groups excluding tert-OH is 1. The lowest BCUT2D eigenvalue weighted by Crippen LogP contribution is -2.48. The third kappa shape index (κ3) is 4.51. The monoisotopic (exact) mass is 390 g/mol. The highest BCUT2D eigenvalue weighted by Crippen LogP contribution is 2.23. The summed E-state index contributed by atoms with van der Waals surface area (Å²) in [5.41, 5.74) is 0.658. The van der Waals surface area contributed by atoms with Crippen LogP contribution in [-0.4, -0.2) is 74.6 Å². The van der Waals surface area contributed by atoms with Crippen LogP contribution in [0.25, 0.3) is 11.2 Å². The summed E-state index contributed by atoms with van der Waals surface area (Å²) < 4.78 is 7.41. The molecule has 2 aromatic heterocycles. The molecule has 8 heteroatoms. The number of aromatic nitrogens is 3. The minimum atomic E-state index is -1.04. The predicted octanol–water partition coefficient (Wildman–Crippen LogP) is 1.31. The highest BCUT2D eigenvalue weighted by Gasteiger charge is 2.33. The summed E-state index contributed by atoms with van der Waals surface area (Å²) in [4.78, 5) is 23.5. The summed E-state index contributed by atoms with van der Waals surface area (Å²) in [6, 6.07) is 3.93. The molecule has 3 heterocycles. The smallest absolute Gasteiger partial charge is 0.222 e. The molecule has 0 bridgehead atoms. The van der Waals surface area contributed by atoms with Gasteiger partial charge in [-0.1, -0.05) is 0 Å². The number of aliphatic hydroxyl groups is 2. The van der Waals surface area contributed by atoms with Crippen molar-refractivity contribution in [3.63, 3.8) is 0 Å². The van der Waals surface area contributed by atoms with Crippen molar-refractivity contribution >= 4 is 17.1 Å². The van der Waals surface area contributed by atoms with E-state index in [0.717, 1.165) is 17.0 Å². The molecule has 0 aliphatic carbocycles. The zero-order valence-electron chi connectivity index (χ0n) is 16.7. The summed E-state index contributed by atoms with van der Waals surface area (Å²) >= 11 is 0. The quantitative estimate of drug-likeness (QED) is 0.705. The summed E-state index contributed by atoms with van der Waals surface area (Å²) in [6.45, 7) is 3.37. The molecular formula is C20H30N4O4. The maximum atomic E-state index is 12.5. The fourth-order valence-electron chi connectivity index (χ4n) is 3.82. The van der Waals surface area contributed by atoms with Crippen LogP contribution in [0.15, 0.2) is 18.3 Å². The van der Waals surface area contributed by atoms with Crippen molar-refractivity contribution in [2.24, 2.45) is 0 Å². The minimum Gasteiger partial charge on any atom is -0.393 e. The molecule has 28 heavy (non-hydrogen) atoms. The number of carbonyl (C=O) groups is 1. The first-order valence-corrected chi connectivity index (χ1v) is 9.89. The molecule has 0 saturated carbocycles. The van der Waals surface area contributed by atoms with E-state index in [9.17, 15) is 15.0 Å². The largest absolute Gasteiger partial charge is 0.393 e. The number of methoxy groups -OCH3 is 1. The maximum absolute atomic E-state index is 12.5. The molecule has 0 aromatic carbocycles. The number of fused-ring (bicyclic) bond motifs is 1. The average Bonchev–Trinajstić information content (AvgIpc) is 3.07. The first kappa shape index (κ1) is 20.7. The highest BCUT2D eigenvalue weighted by atomic mass is 16.5. The second-order valence-electron chi connectivity index (χ2n) is 7.67. The molecular weight excluding hydrogens is 360 g/mol. The number of ether oxygens (including phenoxy) is 1. The Bertz CT molecular complexity index is 799. The zero-order valence-corrected chi connectivity index (χ0v) is 16.7. The van der Waals surface area contributed by atoms with Crippen LogP contribution in [0.2, 0.25) is 0 Å². The van der Waals surface area contributed by atoms with E-state index < -0.39 is 5.60 Å². The highest BCUT2D eigenvalue weighted by molar-refractivity contribution is 5.76. The Morgan fingerprint density at radius 2 is 2.14 bits per heavy atom. The zero-order chi connectivity index (χ0) is 20.1. The number of hydrogen-bond acceptors (Lipinski definition) is 6. The summed E-state index contributed by atoms with van der Waals surface area (Å²) in [7, 11) is 1.68. The van der Waals surface area contributed by atoms with E-state index in [0.29, 0.717) is 51.8 Å². The van der Waals surface area contributed by atoms with Crippen LogP contribution in [-0.2, 0) is 16.0 Å². The molecule has 1 aliphatic rings. The molecule has 0 radical (unpaired) electrons. The number of rotatable bonds is 8. The van der Waals surface area contributed by atoms with Gasteiger partial charge in [0.15, 0.2) is 5.65 Å². The van der Waals surface area contributed by atoms with E-state index in [4.69, 9.17) is 9.72 Å². The summed E-state index contributed by atoms with van der Waals surface area (Å²) in [6.07, 6.45) is 4.42. The van der Waals surface area contributed by atoms with E-state index in [1.807, 2.05) is 12.1 Å². The Morgan fingerprint density at radius 1 is 1.39 bits per heavy atom. The van der Waals surface area contributed by atoms with Gasteiger partial charge in [0.1, 0.15) is 11.3 Å². The van der Waals surface area contributed by atoms with Gasteiger partial charge in [-0.25, -0.2) is 9.97 Å². The predicted molar refractivity (Wildman–Crippen MR) is 105 cm³/mol. The number of amides is 1.